The number of nitrogens with one attached hydrogen (secondary N) is 2. The molecule has 0 bridgehead atoms. The Kier molecular flexibility index (Phi) is 5.55. The maximum atomic E-state index is 12.7. The predicted octanol–water partition coefficient (Wildman–Crippen LogP) is 1.58. The quantitative estimate of drug-likeness (QED) is 0.453. The maximum absolute atomic E-state index is 12.7. The minimum absolute atomic E-state index is 0.132. The Hall–Kier alpha value is -3.14. The van der Waals surface area contributed by atoms with Crippen LogP contribution in [0.4, 0.5) is 5.69 Å². The second kappa shape index (κ2) is 8.04. The molecule has 2 aliphatic heterocycles. The normalized spacial score (nSPS) is 18.7. The van der Waals surface area contributed by atoms with Crippen LogP contribution in [0.3, 0.4) is 0 Å². The fourth-order valence-electron chi connectivity index (χ4n) is 3.43. The summed E-state index contributed by atoms with van der Waals surface area (Å²) < 4.78 is 0. The Balaban J connectivity index is 1.70. The molecule has 7 nitrogen and oxygen atoms in total. The van der Waals surface area contributed by atoms with Gasteiger partial charge in [-0.05, 0) is 31.4 Å². The Morgan fingerprint density at radius 1 is 1.30 bits per heavy atom. The molecule has 1 fully saturated rings. The second-order valence-electron chi connectivity index (χ2n) is 6.69. The molecule has 4 amide bonds. The van der Waals surface area contributed by atoms with E-state index < -0.39 is 11.9 Å². The Morgan fingerprint density at radius 2 is 2.11 bits per heavy atom. The zero-order chi connectivity index (χ0) is 19.4. The number of terminal acetylenes is 1. The van der Waals surface area contributed by atoms with Gasteiger partial charge in [-0.15, -0.1) is 12.3 Å². The van der Waals surface area contributed by atoms with Crippen LogP contribution >= 0.6 is 0 Å². The van der Waals surface area contributed by atoms with E-state index in [1.165, 1.54) is 4.90 Å². The van der Waals surface area contributed by atoms with Gasteiger partial charge in [0.1, 0.15) is 6.04 Å². The lowest BCUT2D eigenvalue weighted by Gasteiger charge is -2.29. The molecule has 0 saturated carbocycles. The van der Waals surface area contributed by atoms with Crippen molar-refractivity contribution in [3.05, 3.63) is 29.3 Å². The van der Waals surface area contributed by atoms with Crippen LogP contribution in [-0.2, 0) is 20.9 Å². The molecule has 1 aromatic rings. The van der Waals surface area contributed by atoms with Gasteiger partial charge >= 0.3 is 0 Å². The van der Waals surface area contributed by atoms with E-state index in [9.17, 15) is 19.2 Å². The van der Waals surface area contributed by atoms with E-state index in [1.54, 1.807) is 18.2 Å². The molecule has 140 valence electrons. The number of piperidine rings is 1. The molecule has 1 saturated heterocycles. The molecule has 2 aliphatic rings. The lowest BCUT2D eigenvalue weighted by Crippen LogP contribution is -2.52. The van der Waals surface area contributed by atoms with Crippen molar-refractivity contribution in [2.75, 3.05) is 5.32 Å². The largest absolute Gasteiger partial charge is 0.326 e. The van der Waals surface area contributed by atoms with E-state index >= 15 is 0 Å². The molecule has 0 spiro atoms. The van der Waals surface area contributed by atoms with E-state index in [2.05, 4.69) is 16.6 Å². The summed E-state index contributed by atoms with van der Waals surface area (Å²) in [5.41, 5.74) is 1.76. The molecule has 1 unspecified atom stereocenters. The third kappa shape index (κ3) is 4.00. The van der Waals surface area contributed by atoms with Crippen molar-refractivity contribution in [2.24, 2.45) is 0 Å². The number of benzene rings is 1. The highest BCUT2D eigenvalue weighted by Crippen LogP contribution is 2.32. The fourth-order valence-corrected chi connectivity index (χ4v) is 3.43. The summed E-state index contributed by atoms with van der Waals surface area (Å²) >= 11 is 0. The Labute approximate surface area is 157 Å². The minimum atomic E-state index is -0.671. The first-order valence-electron chi connectivity index (χ1n) is 9.01. The molecule has 3 rings (SSSR count). The van der Waals surface area contributed by atoms with Crippen molar-refractivity contribution in [2.45, 2.75) is 51.1 Å². The lowest BCUT2D eigenvalue weighted by molar-refractivity contribution is -0.137. The van der Waals surface area contributed by atoms with Gasteiger partial charge in [0.25, 0.3) is 5.91 Å². The van der Waals surface area contributed by atoms with Gasteiger partial charge in [-0.25, -0.2) is 0 Å². The summed E-state index contributed by atoms with van der Waals surface area (Å²) in [7, 11) is 0. The van der Waals surface area contributed by atoms with E-state index in [4.69, 9.17) is 6.42 Å². The number of amides is 4. The summed E-state index contributed by atoms with van der Waals surface area (Å²) in [6.45, 7) is 0.230. The average Bonchev–Trinajstić information content (AvgIpc) is 2.97. The SMILES string of the molecule is C#CCCCCC(=O)Nc1cccc2c1CN(C1CCC(=O)NC1=O)C2=O. The smallest absolute Gasteiger partial charge is 0.255 e. The van der Waals surface area contributed by atoms with Crippen molar-refractivity contribution in [3.8, 4) is 12.3 Å². The van der Waals surface area contributed by atoms with E-state index in [0.29, 0.717) is 42.5 Å². The monoisotopic (exact) mass is 367 g/mol. The molecule has 2 heterocycles. The summed E-state index contributed by atoms with van der Waals surface area (Å²) in [5, 5.41) is 5.14. The van der Waals surface area contributed by atoms with E-state index in [0.717, 1.165) is 6.42 Å². The van der Waals surface area contributed by atoms with Gasteiger partial charge in [0.05, 0.1) is 0 Å². The van der Waals surface area contributed by atoms with Gasteiger partial charge < -0.3 is 10.2 Å². The highest BCUT2D eigenvalue weighted by atomic mass is 16.2. The minimum Gasteiger partial charge on any atom is -0.326 e. The van der Waals surface area contributed by atoms with Crippen molar-refractivity contribution in [3.63, 3.8) is 0 Å². The predicted molar refractivity (Wildman–Crippen MR) is 98.4 cm³/mol. The summed E-state index contributed by atoms with van der Waals surface area (Å²) in [5.74, 6) is 1.38. The van der Waals surface area contributed by atoms with Crippen LogP contribution in [0.2, 0.25) is 0 Å². The van der Waals surface area contributed by atoms with Crippen LogP contribution in [0.1, 0.15) is 54.4 Å². The summed E-state index contributed by atoms with van der Waals surface area (Å²) in [6, 6.07) is 4.47. The van der Waals surface area contributed by atoms with E-state index in [1.807, 2.05) is 0 Å². The number of unbranched alkanes of at least 4 members (excludes halogenated alkanes) is 2. The summed E-state index contributed by atoms with van der Waals surface area (Å²) in [4.78, 5) is 49.8. The third-order valence-electron chi connectivity index (χ3n) is 4.83. The maximum Gasteiger partial charge on any atom is 0.255 e. The highest BCUT2D eigenvalue weighted by Gasteiger charge is 2.39. The first-order chi connectivity index (χ1) is 13.0. The molecule has 1 atom stereocenters. The molecular formula is C20H21N3O4. The average molecular weight is 367 g/mol. The number of nitrogens with zero attached hydrogens (tertiary/aromatic N) is 1. The molecule has 7 heteroatoms. The number of carbonyl (C=O) groups is 4. The van der Waals surface area contributed by atoms with Gasteiger partial charge in [-0.2, -0.15) is 0 Å². The zero-order valence-electron chi connectivity index (χ0n) is 14.9. The van der Waals surface area contributed by atoms with E-state index in [-0.39, 0.29) is 30.7 Å². The van der Waals surface area contributed by atoms with Gasteiger partial charge in [0.2, 0.25) is 17.7 Å². The third-order valence-corrected chi connectivity index (χ3v) is 4.83. The lowest BCUT2D eigenvalue weighted by atomic mass is 10.0. The topological polar surface area (TPSA) is 95.6 Å². The van der Waals surface area contributed by atoms with Crippen LogP contribution in [0.15, 0.2) is 18.2 Å². The van der Waals surface area contributed by atoms with Gasteiger partial charge in [-0.1, -0.05) is 6.07 Å². The Bertz CT molecular complexity index is 840. The van der Waals surface area contributed by atoms with Crippen LogP contribution in [0, 0.1) is 12.3 Å². The van der Waals surface area contributed by atoms with Crippen molar-refractivity contribution < 1.29 is 19.2 Å². The number of hydrogen-bond donors (Lipinski definition) is 2. The fraction of sp³-hybridized carbons (Fsp3) is 0.400. The number of rotatable bonds is 6. The second-order valence-corrected chi connectivity index (χ2v) is 6.69. The number of anilines is 1. The zero-order valence-corrected chi connectivity index (χ0v) is 14.9. The van der Waals surface area contributed by atoms with Crippen molar-refractivity contribution in [1.82, 2.24) is 10.2 Å². The highest BCUT2D eigenvalue weighted by molar-refractivity contribution is 6.06. The van der Waals surface area contributed by atoms with Gasteiger partial charge in [0.15, 0.2) is 0 Å². The molecule has 0 aromatic heterocycles. The van der Waals surface area contributed by atoms with Crippen molar-refractivity contribution in [1.29, 1.82) is 0 Å². The number of fused-ring (bicyclic) bond motifs is 1. The summed E-state index contributed by atoms with van der Waals surface area (Å²) in [6.07, 6.45) is 8.20. The van der Waals surface area contributed by atoms with Crippen molar-refractivity contribution >= 4 is 29.3 Å². The molecule has 0 aliphatic carbocycles. The number of imide groups is 1. The van der Waals surface area contributed by atoms with Crippen LogP contribution in [0.25, 0.3) is 0 Å². The van der Waals surface area contributed by atoms with Crippen LogP contribution < -0.4 is 10.6 Å². The first kappa shape index (κ1) is 18.6. The van der Waals surface area contributed by atoms with Crippen LogP contribution in [0.5, 0.6) is 0 Å². The molecule has 2 N–H and O–H groups in total. The number of carbonyl (C=O) groups excluding carboxylic acids is 4. The molecule has 1 aromatic carbocycles. The van der Waals surface area contributed by atoms with Gasteiger partial charge in [0, 0.05) is 42.6 Å². The molecule has 0 radical (unpaired) electrons. The standard InChI is InChI=1S/C20H21N3O4/c1-2-3-4-5-9-17(24)21-15-8-6-7-13-14(15)12-23(20(13)27)16-10-11-18(25)22-19(16)26/h1,6-8,16H,3-5,9-12H2,(H,21,24)(H,22,25,26). The number of hydrogen-bond acceptors (Lipinski definition) is 4. The molecule has 27 heavy (non-hydrogen) atoms. The van der Waals surface area contributed by atoms with Crippen LogP contribution in [-0.4, -0.2) is 34.6 Å². The molecular weight excluding hydrogens is 346 g/mol. The van der Waals surface area contributed by atoms with Gasteiger partial charge in [-0.3, -0.25) is 24.5 Å². The Morgan fingerprint density at radius 3 is 2.85 bits per heavy atom. The first-order valence-corrected chi connectivity index (χ1v) is 9.01.